The van der Waals surface area contributed by atoms with Gasteiger partial charge >= 0.3 is 0 Å². The summed E-state index contributed by atoms with van der Waals surface area (Å²) in [5, 5.41) is 0.288. The van der Waals surface area contributed by atoms with Gasteiger partial charge in [0.25, 0.3) is 0 Å². The molecule has 0 fully saturated rings. The summed E-state index contributed by atoms with van der Waals surface area (Å²) in [6.45, 7) is 0. The average Bonchev–Trinajstić information content (AvgIpc) is 2.38. The number of alkyl halides is 1. The van der Waals surface area contributed by atoms with Crippen molar-refractivity contribution in [3.05, 3.63) is 50.3 Å². The molecule has 19 heavy (non-hydrogen) atoms. The van der Waals surface area contributed by atoms with Gasteiger partial charge in [-0.25, -0.2) is 9.37 Å². The molecule has 0 saturated heterocycles. The summed E-state index contributed by atoms with van der Waals surface area (Å²) in [5.74, 6) is 0.105. The molecule has 1 aromatic carbocycles. The van der Waals surface area contributed by atoms with E-state index in [2.05, 4.69) is 20.9 Å². The van der Waals surface area contributed by atoms with Crippen LogP contribution in [0.25, 0.3) is 0 Å². The Labute approximate surface area is 132 Å². The predicted octanol–water partition coefficient (Wildman–Crippen LogP) is 5.82. The van der Waals surface area contributed by atoms with Gasteiger partial charge < -0.3 is 4.74 Å². The molecule has 1 heterocycles. The molecular weight excluding hydrogens is 379 g/mol. The first-order valence-corrected chi connectivity index (χ1v) is 7.12. The van der Waals surface area contributed by atoms with E-state index in [0.29, 0.717) is 15.4 Å². The molecule has 100 valence electrons. The number of halogens is 5. The fraction of sp³-hybridized carbons (Fsp3) is 0.0833. The second kappa shape index (κ2) is 6.27. The van der Waals surface area contributed by atoms with Gasteiger partial charge in [-0.2, -0.15) is 0 Å². The highest BCUT2D eigenvalue weighted by molar-refractivity contribution is 9.10. The third-order valence-electron chi connectivity index (χ3n) is 2.20. The highest BCUT2D eigenvalue weighted by Gasteiger charge is 2.12. The van der Waals surface area contributed by atoms with Crippen LogP contribution in [0.4, 0.5) is 4.39 Å². The number of aromatic nitrogens is 1. The van der Waals surface area contributed by atoms with Gasteiger partial charge in [0.15, 0.2) is 0 Å². The third kappa shape index (κ3) is 3.51. The van der Waals surface area contributed by atoms with Crippen molar-refractivity contribution >= 4 is 50.7 Å². The first kappa shape index (κ1) is 14.9. The van der Waals surface area contributed by atoms with Crippen LogP contribution in [0, 0.1) is 5.82 Å². The van der Waals surface area contributed by atoms with Crippen LogP contribution in [0.5, 0.6) is 11.6 Å². The minimum Gasteiger partial charge on any atom is -0.436 e. The molecule has 1 aromatic heterocycles. The summed E-state index contributed by atoms with van der Waals surface area (Å²) < 4.78 is 19.3. The van der Waals surface area contributed by atoms with Crippen molar-refractivity contribution in [3.8, 4) is 11.6 Å². The van der Waals surface area contributed by atoms with Crippen LogP contribution in [0.1, 0.15) is 5.56 Å². The van der Waals surface area contributed by atoms with Gasteiger partial charge in [-0.3, -0.25) is 0 Å². The van der Waals surface area contributed by atoms with Crippen LogP contribution in [0.15, 0.2) is 28.9 Å². The first-order chi connectivity index (χ1) is 9.01. The molecule has 2 aromatic rings. The minimum atomic E-state index is -0.589. The Hall–Kier alpha value is -0.550. The van der Waals surface area contributed by atoms with Crippen molar-refractivity contribution in [1.82, 2.24) is 4.98 Å². The molecule has 0 radical (unpaired) electrons. The summed E-state index contributed by atoms with van der Waals surface area (Å²) in [6, 6.07) is 4.18. The van der Waals surface area contributed by atoms with Gasteiger partial charge in [-0.15, -0.1) is 11.6 Å². The van der Waals surface area contributed by atoms with Crippen LogP contribution in [-0.4, -0.2) is 4.98 Å². The molecule has 0 bridgehead atoms. The molecule has 0 unspecified atom stereocenters. The summed E-state index contributed by atoms with van der Waals surface area (Å²) in [4.78, 5) is 4.02. The molecule has 0 N–H and O–H groups in total. The van der Waals surface area contributed by atoms with Crippen molar-refractivity contribution in [1.29, 1.82) is 0 Å². The standard InChI is InChI=1S/C12H6BrCl3FNO/c13-7-2-8(15)10(17)3-11(7)19-12-9(16)1-6(4-14)5-18-12/h1-3,5H,4H2. The van der Waals surface area contributed by atoms with Gasteiger partial charge in [-0.05, 0) is 33.6 Å². The lowest BCUT2D eigenvalue weighted by Gasteiger charge is -2.09. The van der Waals surface area contributed by atoms with Crippen LogP contribution in [0.2, 0.25) is 10.0 Å². The van der Waals surface area contributed by atoms with Gasteiger partial charge in [0, 0.05) is 18.1 Å². The first-order valence-electron chi connectivity index (χ1n) is 5.04. The second-order valence-electron chi connectivity index (χ2n) is 3.56. The van der Waals surface area contributed by atoms with Crippen molar-refractivity contribution in [2.75, 3.05) is 0 Å². The average molecular weight is 385 g/mol. The Morgan fingerprint density at radius 2 is 1.95 bits per heavy atom. The molecule has 0 aliphatic rings. The molecule has 2 nitrogen and oxygen atoms in total. The Kier molecular flexibility index (Phi) is 4.90. The van der Waals surface area contributed by atoms with Crippen LogP contribution >= 0.6 is 50.7 Å². The minimum absolute atomic E-state index is 0.00392. The quantitative estimate of drug-likeness (QED) is 0.490. The zero-order valence-electron chi connectivity index (χ0n) is 9.26. The van der Waals surface area contributed by atoms with E-state index in [1.165, 1.54) is 12.3 Å². The second-order valence-corrected chi connectivity index (χ2v) is 5.50. The smallest absolute Gasteiger partial charge is 0.238 e. The predicted molar refractivity (Wildman–Crippen MR) is 78.0 cm³/mol. The fourth-order valence-corrected chi connectivity index (χ4v) is 2.39. The van der Waals surface area contributed by atoms with E-state index < -0.39 is 5.82 Å². The number of pyridine rings is 1. The monoisotopic (exact) mass is 383 g/mol. The van der Waals surface area contributed by atoms with E-state index >= 15 is 0 Å². The van der Waals surface area contributed by atoms with E-state index in [1.807, 2.05) is 0 Å². The molecule has 0 aliphatic carbocycles. The fourth-order valence-electron chi connectivity index (χ4n) is 1.30. The lowest BCUT2D eigenvalue weighted by Crippen LogP contribution is -1.93. The molecule has 0 atom stereocenters. The molecule has 0 amide bonds. The van der Waals surface area contributed by atoms with Crippen LogP contribution < -0.4 is 4.74 Å². The zero-order chi connectivity index (χ0) is 14.0. The largest absolute Gasteiger partial charge is 0.436 e. The summed E-state index contributed by atoms with van der Waals surface area (Å²) in [6.07, 6.45) is 1.54. The number of benzene rings is 1. The Balaban J connectivity index is 2.33. The normalized spacial score (nSPS) is 10.6. The van der Waals surface area contributed by atoms with E-state index in [0.717, 1.165) is 11.6 Å². The summed E-state index contributed by atoms with van der Waals surface area (Å²) >= 11 is 20.5. The number of nitrogens with zero attached hydrogens (tertiary/aromatic N) is 1. The van der Waals surface area contributed by atoms with E-state index in [9.17, 15) is 4.39 Å². The number of hydrogen-bond donors (Lipinski definition) is 0. The molecule has 7 heteroatoms. The zero-order valence-corrected chi connectivity index (χ0v) is 13.1. The van der Waals surface area contributed by atoms with E-state index in [-0.39, 0.29) is 16.7 Å². The maximum absolute atomic E-state index is 13.4. The number of ether oxygens (including phenoxy) is 1. The van der Waals surface area contributed by atoms with Gasteiger partial charge in [0.1, 0.15) is 16.6 Å². The lowest BCUT2D eigenvalue weighted by molar-refractivity contribution is 0.455. The molecule has 0 saturated carbocycles. The molecule has 2 rings (SSSR count). The summed E-state index contributed by atoms with van der Waals surface area (Å²) in [5.41, 5.74) is 0.764. The highest BCUT2D eigenvalue weighted by Crippen LogP contribution is 2.35. The van der Waals surface area contributed by atoms with Crippen LogP contribution in [-0.2, 0) is 5.88 Å². The number of rotatable bonds is 3. The Morgan fingerprint density at radius 3 is 2.58 bits per heavy atom. The maximum Gasteiger partial charge on any atom is 0.238 e. The van der Waals surface area contributed by atoms with Crippen molar-refractivity contribution < 1.29 is 9.13 Å². The topological polar surface area (TPSA) is 22.1 Å². The number of hydrogen-bond acceptors (Lipinski definition) is 2. The lowest BCUT2D eigenvalue weighted by atomic mass is 10.3. The molecule has 0 spiro atoms. The Morgan fingerprint density at radius 1 is 1.21 bits per heavy atom. The highest BCUT2D eigenvalue weighted by atomic mass is 79.9. The van der Waals surface area contributed by atoms with Crippen molar-refractivity contribution in [3.63, 3.8) is 0 Å². The Bertz CT molecular complexity index is 624. The van der Waals surface area contributed by atoms with Gasteiger partial charge in [0.05, 0.1) is 9.50 Å². The third-order valence-corrected chi connectivity index (χ3v) is 3.69. The van der Waals surface area contributed by atoms with Crippen LogP contribution in [0.3, 0.4) is 0 Å². The maximum atomic E-state index is 13.4. The molecular formula is C12H6BrCl3FNO. The van der Waals surface area contributed by atoms with Gasteiger partial charge in [-0.1, -0.05) is 23.2 Å². The van der Waals surface area contributed by atoms with Crippen molar-refractivity contribution in [2.24, 2.45) is 0 Å². The van der Waals surface area contributed by atoms with E-state index in [1.54, 1.807) is 6.07 Å². The van der Waals surface area contributed by atoms with Gasteiger partial charge in [0.2, 0.25) is 5.88 Å². The van der Waals surface area contributed by atoms with E-state index in [4.69, 9.17) is 39.5 Å². The molecule has 0 aliphatic heterocycles. The summed E-state index contributed by atoms with van der Waals surface area (Å²) in [7, 11) is 0. The van der Waals surface area contributed by atoms with Crippen molar-refractivity contribution in [2.45, 2.75) is 5.88 Å². The SMILES string of the molecule is Fc1cc(Oc2ncc(CCl)cc2Cl)c(Br)cc1Cl.